The van der Waals surface area contributed by atoms with Gasteiger partial charge in [-0.2, -0.15) is 9.99 Å². The summed E-state index contributed by atoms with van der Waals surface area (Å²) in [6.45, 7) is 10.1. The number of unbranched alkanes of at least 4 members (excludes halogenated alkanes) is 15. The molecule has 0 spiro atoms. The van der Waals surface area contributed by atoms with Gasteiger partial charge in [0.2, 0.25) is 5.13 Å². The van der Waals surface area contributed by atoms with E-state index < -0.39 is 11.9 Å². The Morgan fingerprint density at radius 1 is 0.481 bits per heavy atom. The molecule has 0 radical (unpaired) electrons. The van der Waals surface area contributed by atoms with Gasteiger partial charge in [-0.1, -0.05) is 137 Å². The lowest BCUT2D eigenvalue weighted by molar-refractivity contribution is -0.218. The van der Waals surface area contributed by atoms with Crippen molar-refractivity contribution in [3.8, 4) is 45.6 Å². The molecule has 104 heavy (non-hydrogen) atoms. The van der Waals surface area contributed by atoms with Crippen molar-refractivity contribution in [2.45, 2.75) is 179 Å². The molecule has 0 unspecified atom stereocenters. The molecule has 0 atom stereocenters. The Hall–Kier alpha value is -9.33. The zero-order valence-electron chi connectivity index (χ0n) is 60.0. The van der Waals surface area contributed by atoms with E-state index in [0.29, 0.717) is 113 Å². The number of para-hydroxylation sites is 1. The molecule has 18 nitrogen and oxygen atoms in total. The minimum absolute atomic E-state index is 0.0414. The van der Waals surface area contributed by atoms with Crippen LogP contribution in [-0.2, 0) is 43.1 Å². The summed E-state index contributed by atoms with van der Waals surface area (Å²) in [5.74, 6) is 1.19. The van der Waals surface area contributed by atoms with Crippen LogP contribution in [0.3, 0.4) is 0 Å². The standard InChI is InChI=1S/C85H101N3O15S/c1-3-79(89)96-56-26-15-13-24-54-94-66-43-47-69(48-44-66)100-68-41-39-64(40-42-68)83(92)102-71-51-52-77(103-99-61-62-35-37-63(38-36-62)82(91)101-70-49-45-67(46-50-70)95-55-25-14-16-27-57-97-80(90)4-2)65(59-71)60-86-88(85-87-76-33-21-22-34-78(76)104-85)53-23-11-9-7-5-6-8-10-12-28-58-98-84(93)81-74-31-19-17-29-72(74)73-30-18-20-32-75(73)81/h3-4,17-22,29-34,43-52,59-60,62-64,68,81H,1-2,5-16,23-28,35-42,53-58,61H2/b86-60+. The van der Waals surface area contributed by atoms with Gasteiger partial charge in [0.05, 0.1) is 74.0 Å². The van der Waals surface area contributed by atoms with Crippen LogP contribution < -0.4 is 33.6 Å². The smallest absolute Gasteiger partial charge is 0.330 e. The lowest BCUT2D eigenvalue weighted by atomic mass is 9.82. The van der Waals surface area contributed by atoms with Gasteiger partial charge < -0.3 is 42.8 Å². The summed E-state index contributed by atoms with van der Waals surface area (Å²) in [5, 5.41) is 7.81. The summed E-state index contributed by atoms with van der Waals surface area (Å²) in [6.07, 6.45) is 27.3. The molecule has 0 amide bonds. The second-order valence-electron chi connectivity index (χ2n) is 27.1. The molecule has 0 aliphatic heterocycles. The Kier molecular flexibility index (Phi) is 31.5. The lowest BCUT2D eigenvalue weighted by Gasteiger charge is -2.28. The van der Waals surface area contributed by atoms with E-state index in [9.17, 15) is 24.0 Å². The van der Waals surface area contributed by atoms with E-state index in [1.165, 1.54) is 25.0 Å². The third kappa shape index (κ3) is 24.7. The first kappa shape index (κ1) is 77.3. The molecule has 6 aromatic carbocycles. The number of nitrogens with zero attached hydrogens (tertiary/aromatic N) is 3. The highest BCUT2D eigenvalue weighted by atomic mass is 32.1. The van der Waals surface area contributed by atoms with Crippen molar-refractivity contribution < 1.29 is 71.6 Å². The minimum Gasteiger partial charge on any atom is -0.494 e. The summed E-state index contributed by atoms with van der Waals surface area (Å²) in [7, 11) is 0. The average molecular weight is 1440 g/mol. The van der Waals surface area contributed by atoms with Crippen LogP contribution in [0.1, 0.15) is 190 Å². The summed E-state index contributed by atoms with van der Waals surface area (Å²) >= 11 is 1.59. The van der Waals surface area contributed by atoms with E-state index in [2.05, 4.69) is 31.4 Å². The van der Waals surface area contributed by atoms with Gasteiger partial charge in [-0.25, -0.2) is 19.6 Å². The van der Waals surface area contributed by atoms with Crippen LogP contribution in [0, 0.1) is 17.8 Å². The van der Waals surface area contributed by atoms with E-state index in [-0.39, 0.29) is 47.7 Å². The van der Waals surface area contributed by atoms with E-state index in [1.54, 1.807) is 47.9 Å². The fourth-order valence-corrected chi connectivity index (χ4v) is 14.4. The molecule has 0 N–H and O–H groups in total. The lowest BCUT2D eigenvalue weighted by Crippen LogP contribution is -2.30. The first-order valence-corrected chi connectivity index (χ1v) is 38.5. The Morgan fingerprint density at radius 3 is 1.52 bits per heavy atom. The second kappa shape index (κ2) is 42.4. The highest BCUT2D eigenvalue weighted by Crippen LogP contribution is 2.45. The molecule has 2 saturated carbocycles. The molecule has 10 rings (SSSR count). The molecule has 2 fully saturated rings. The van der Waals surface area contributed by atoms with Crippen LogP contribution in [0.15, 0.2) is 170 Å². The van der Waals surface area contributed by atoms with Crippen molar-refractivity contribution in [1.29, 1.82) is 0 Å². The van der Waals surface area contributed by atoms with Crippen LogP contribution >= 0.6 is 11.3 Å². The zero-order valence-corrected chi connectivity index (χ0v) is 60.8. The van der Waals surface area contributed by atoms with Crippen molar-refractivity contribution in [1.82, 2.24) is 4.98 Å². The molecule has 7 aromatic rings. The van der Waals surface area contributed by atoms with Gasteiger partial charge in [0.1, 0.15) is 34.7 Å². The fraction of sp³-hybridized carbons (Fsp3) is 0.447. The number of rotatable bonds is 45. The maximum atomic E-state index is 14.0. The van der Waals surface area contributed by atoms with Crippen molar-refractivity contribution >= 4 is 62.7 Å². The SMILES string of the molecule is C=CC(=O)OCCCCCCOc1ccc(OC(=O)C2CCC(COOc3ccc(OC(=O)C4CCC(Oc5ccc(OCCCCCCOC(=O)C=C)cc5)CC4)cc3/C=N/N(CCCCCCCCCCCCOC(=O)C3c4ccccc4-c4ccccc43)c3nc4ccccc4s3)CC2)cc1. The minimum atomic E-state index is -0.402. The first-order valence-electron chi connectivity index (χ1n) is 37.7. The predicted octanol–water partition coefficient (Wildman–Crippen LogP) is 19.0. The number of hydrogen-bond acceptors (Lipinski definition) is 19. The normalized spacial score (nSPS) is 16.2. The van der Waals surface area contributed by atoms with Crippen molar-refractivity contribution in [3.63, 3.8) is 0 Å². The van der Waals surface area contributed by atoms with Gasteiger partial charge in [-0.05, 0) is 223 Å². The van der Waals surface area contributed by atoms with Gasteiger partial charge in [-0.15, -0.1) is 0 Å². The molecule has 1 aromatic heterocycles. The van der Waals surface area contributed by atoms with Gasteiger partial charge in [0.25, 0.3) is 0 Å². The molecule has 3 aliphatic rings. The topological polar surface area (TPSA) is 206 Å². The van der Waals surface area contributed by atoms with E-state index >= 15 is 0 Å². The maximum Gasteiger partial charge on any atom is 0.330 e. The fourth-order valence-electron chi connectivity index (χ4n) is 13.5. The van der Waals surface area contributed by atoms with E-state index in [1.807, 2.05) is 96.0 Å². The Morgan fingerprint density at radius 2 is 0.952 bits per heavy atom. The highest BCUT2D eigenvalue weighted by Gasteiger charge is 2.35. The third-order valence-corrected chi connectivity index (χ3v) is 20.4. The number of ether oxygens (including phenoxy) is 8. The predicted molar refractivity (Wildman–Crippen MR) is 405 cm³/mol. The third-order valence-electron chi connectivity index (χ3n) is 19.4. The molecular weight excluding hydrogens is 1340 g/mol. The van der Waals surface area contributed by atoms with E-state index in [0.717, 1.165) is 165 Å². The summed E-state index contributed by atoms with van der Waals surface area (Å²) in [6, 6.07) is 44.4. The number of hydrazone groups is 1. The second-order valence-corrected chi connectivity index (χ2v) is 28.1. The number of thiazole rings is 1. The first-order chi connectivity index (χ1) is 51.1. The van der Waals surface area contributed by atoms with E-state index in [4.69, 9.17) is 57.8 Å². The summed E-state index contributed by atoms with van der Waals surface area (Å²) < 4.78 is 47.2. The van der Waals surface area contributed by atoms with Crippen molar-refractivity contribution in [2.24, 2.45) is 22.9 Å². The number of hydrogen-bond donors (Lipinski definition) is 0. The molecule has 0 saturated heterocycles. The van der Waals surface area contributed by atoms with Crippen LogP contribution in [0.2, 0.25) is 0 Å². The Labute approximate surface area is 616 Å². The van der Waals surface area contributed by atoms with Gasteiger partial charge in [0.15, 0.2) is 5.75 Å². The number of benzene rings is 6. The molecule has 552 valence electrons. The highest BCUT2D eigenvalue weighted by molar-refractivity contribution is 7.22. The Balaban J connectivity index is 0.685. The van der Waals surface area contributed by atoms with Gasteiger partial charge >= 0.3 is 29.8 Å². The average Bonchev–Trinajstić information content (AvgIpc) is 1.61. The largest absolute Gasteiger partial charge is 0.494 e. The Bertz CT molecular complexity index is 3800. The number of anilines is 1. The molecule has 3 aliphatic carbocycles. The van der Waals surface area contributed by atoms with Crippen molar-refractivity contribution in [2.75, 3.05) is 51.2 Å². The molecule has 19 heteroatoms. The molecular formula is C85H101N3O15S. The summed E-state index contributed by atoms with van der Waals surface area (Å²) in [5.41, 5.74) is 5.75. The molecule has 1 heterocycles. The number of carbonyl (C=O) groups excluding carboxylic acids is 5. The maximum absolute atomic E-state index is 14.0. The van der Waals surface area contributed by atoms with Crippen LogP contribution in [0.5, 0.6) is 34.5 Å². The zero-order chi connectivity index (χ0) is 72.3. The number of carbonyl (C=O) groups is 5. The van der Waals surface area contributed by atoms with Crippen LogP contribution in [0.4, 0.5) is 5.13 Å². The number of aromatic nitrogens is 1. The summed E-state index contributed by atoms with van der Waals surface area (Å²) in [4.78, 5) is 80.3. The van der Waals surface area contributed by atoms with Crippen LogP contribution in [-0.4, -0.2) is 93.3 Å². The van der Waals surface area contributed by atoms with Gasteiger partial charge in [0, 0.05) is 24.3 Å². The quantitative estimate of drug-likeness (QED) is 0.00508. The van der Waals surface area contributed by atoms with Crippen molar-refractivity contribution in [3.05, 3.63) is 182 Å². The number of fused-ring (bicyclic) bond motifs is 4. The molecule has 0 bridgehead atoms. The number of esters is 5. The van der Waals surface area contributed by atoms with Crippen LogP contribution in [0.25, 0.3) is 21.3 Å². The van der Waals surface area contributed by atoms with Gasteiger partial charge in [-0.3, -0.25) is 14.4 Å². The monoisotopic (exact) mass is 1440 g/mol.